The largest absolute Gasteiger partial charge is 0.396 e. The van der Waals surface area contributed by atoms with E-state index in [9.17, 15) is 12.8 Å². The molecule has 0 bridgehead atoms. The van der Waals surface area contributed by atoms with Crippen molar-refractivity contribution >= 4 is 10.0 Å². The highest BCUT2D eigenvalue weighted by atomic mass is 32.2. The minimum absolute atomic E-state index is 0.0558. The Morgan fingerprint density at radius 2 is 1.95 bits per heavy atom. The Hall–Kier alpha value is -0.980. The SMILES string of the molecule is CC(C)(C)CN(CCCO)S(=O)(=O)c1cccc(F)c1. The number of aliphatic hydroxyl groups excluding tert-OH is 1. The fourth-order valence-electron chi connectivity index (χ4n) is 1.84. The maximum atomic E-state index is 13.2. The molecular formula is C14H22FNO3S. The Morgan fingerprint density at radius 1 is 1.30 bits per heavy atom. The molecule has 1 aromatic rings. The average molecular weight is 303 g/mol. The van der Waals surface area contributed by atoms with Crippen LogP contribution in [0.5, 0.6) is 0 Å². The summed E-state index contributed by atoms with van der Waals surface area (Å²) in [5, 5.41) is 8.91. The van der Waals surface area contributed by atoms with Crippen LogP contribution in [0.2, 0.25) is 0 Å². The van der Waals surface area contributed by atoms with Crippen molar-refractivity contribution in [3.63, 3.8) is 0 Å². The van der Waals surface area contributed by atoms with Crippen LogP contribution in [0.15, 0.2) is 29.2 Å². The minimum atomic E-state index is -3.75. The Balaban J connectivity index is 3.10. The number of hydrogen-bond donors (Lipinski definition) is 1. The molecule has 0 saturated heterocycles. The highest BCUT2D eigenvalue weighted by molar-refractivity contribution is 7.89. The third kappa shape index (κ3) is 4.85. The number of rotatable bonds is 6. The number of benzene rings is 1. The molecule has 0 atom stereocenters. The monoisotopic (exact) mass is 303 g/mol. The Labute approximate surface area is 120 Å². The lowest BCUT2D eigenvalue weighted by atomic mass is 9.97. The molecule has 0 spiro atoms. The van der Waals surface area contributed by atoms with Crippen LogP contribution in [0.25, 0.3) is 0 Å². The molecule has 0 amide bonds. The molecule has 0 saturated carbocycles. The zero-order chi connectivity index (χ0) is 15.4. The number of sulfonamides is 1. The second-order valence-electron chi connectivity index (χ2n) is 5.93. The van der Waals surface area contributed by atoms with Gasteiger partial charge in [-0.2, -0.15) is 4.31 Å². The van der Waals surface area contributed by atoms with Crippen LogP contribution >= 0.6 is 0 Å². The molecule has 1 N–H and O–H groups in total. The summed E-state index contributed by atoms with van der Waals surface area (Å²) in [6.45, 7) is 6.23. The summed E-state index contributed by atoms with van der Waals surface area (Å²) in [4.78, 5) is -0.0558. The smallest absolute Gasteiger partial charge is 0.243 e. The molecule has 0 radical (unpaired) electrons. The number of hydrogen-bond acceptors (Lipinski definition) is 3. The van der Waals surface area contributed by atoms with E-state index in [0.717, 1.165) is 6.07 Å². The van der Waals surface area contributed by atoms with E-state index in [1.165, 1.54) is 22.5 Å². The first kappa shape index (κ1) is 17.1. The van der Waals surface area contributed by atoms with Crippen molar-refractivity contribution in [1.29, 1.82) is 0 Å². The molecule has 6 heteroatoms. The van der Waals surface area contributed by atoms with Gasteiger partial charge in [0, 0.05) is 19.7 Å². The first-order valence-corrected chi connectivity index (χ1v) is 7.97. The van der Waals surface area contributed by atoms with Crippen LogP contribution < -0.4 is 0 Å². The van der Waals surface area contributed by atoms with Crippen molar-refractivity contribution in [2.75, 3.05) is 19.7 Å². The van der Waals surface area contributed by atoms with Gasteiger partial charge in [-0.1, -0.05) is 26.8 Å². The van der Waals surface area contributed by atoms with Gasteiger partial charge in [-0.05, 0) is 30.0 Å². The van der Waals surface area contributed by atoms with Gasteiger partial charge >= 0.3 is 0 Å². The average Bonchev–Trinajstić information content (AvgIpc) is 2.33. The summed E-state index contributed by atoms with van der Waals surface area (Å²) in [5.74, 6) is -0.580. The molecule has 0 fully saturated rings. The van der Waals surface area contributed by atoms with E-state index in [0.29, 0.717) is 13.0 Å². The van der Waals surface area contributed by atoms with Crippen molar-refractivity contribution in [2.45, 2.75) is 32.1 Å². The van der Waals surface area contributed by atoms with Gasteiger partial charge in [-0.25, -0.2) is 12.8 Å². The van der Waals surface area contributed by atoms with E-state index in [1.54, 1.807) is 0 Å². The molecule has 0 aromatic heterocycles. The summed E-state index contributed by atoms with van der Waals surface area (Å²) >= 11 is 0. The lowest BCUT2D eigenvalue weighted by Crippen LogP contribution is -2.38. The van der Waals surface area contributed by atoms with Crippen LogP contribution in [0.1, 0.15) is 27.2 Å². The predicted molar refractivity (Wildman–Crippen MR) is 76.3 cm³/mol. The molecule has 0 aliphatic heterocycles. The topological polar surface area (TPSA) is 57.6 Å². The number of nitrogens with zero attached hydrogens (tertiary/aromatic N) is 1. The molecule has 4 nitrogen and oxygen atoms in total. The van der Waals surface area contributed by atoms with Gasteiger partial charge in [0.2, 0.25) is 10.0 Å². The summed E-state index contributed by atoms with van der Waals surface area (Å²) in [7, 11) is -3.75. The zero-order valence-electron chi connectivity index (χ0n) is 12.1. The van der Waals surface area contributed by atoms with Crippen molar-refractivity contribution < 1.29 is 17.9 Å². The van der Waals surface area contributed by atoms with Crippen LogP contribution in [-0.4, -0.2) is 37.5 Å². The maximum Gasteiger partial charge on any atom is 0.243 e. The molecule has 114 valence electrons. The Bertz CT molecular complexity index is 538. The van der Waals surface area contributed by atoms with Gasteiger partial charge in [-0.15, -0.1) is 0 Å². The highest BCUT2D eigenvalue weighted by Gasteiger charge is 2.28. The van der Waals surface area contributed by atoms with Crippen molar-refractivity contribution in [2.24, 2.45) is 5.41 Å². The first-order valence-electron chi connectivity index (χ1n) is 6.53. The lowest BCUT2D eigenvalue weighted by molar-refractivity contribution is 0.241. The lowest BCUT2D eigenvalue weighted by Gasteiger charge is -2.29. The van der Waals surface area contributed by atoms with Crippen molar-refractivity contribution in [3.05, 3.63) is 30.1 Å². The molecule has 20 heavy (non-hydrogen) atoms. The second kappa shape index (κ2) is 6.65. The Kier molecular flexibility index (Phi) is 5.68. The van der Waals surface area contributed by atoms with Gasteiger partial charge in [0.15, 0.2) is 0 Å². The van der Waals surface area contributed by atoms with E-state index in [-0.39, 0.29) is 23.5 Å². The van der Waals surface area contributed by atoms with Gasteiger partial charge in [0.25, 0.3) is 0 Å². The normalized spacial score (nSPS) is 12.9. The number of aliphatic hydroxyl groups is 1. The Morgan fingerprint density at radius 3 is 2.45 bits per heavy atom. The predicted octanol–water partition coefficient (Wildman–Crippen LogP) is 2.24. The van der Waals surface area contributed by atoms with Crippen LogP contribution in [0.4, 0.5) is 4.39 Å². The van der Waals surface area contributed by atoms with Crippen LogP contribution in [-0.2, 0) is 10.0 Å². The van der Waals surface area contributed by atoms with Crippen LogP contribution in [0.3, 0.4) is 0 Å². The summed E-state index contributed by atoms with van der Waals surface area (Å²) in [5.41, 5.74) is -0.226. The molecule has 1 rings (SSSR count). The van der Waals surface area contributed by atoms with Crippen molar-refractivity contribution in [1.82, 2.24) is 4.31 Å². The molecular weight excluding hydrogens is 281 g/mol. The molecule has 0 heterocycles. The number of halogens is 1. The molecule has 1 aromatic carbocycles. The zero-order valence-corrected chi connectivity index (χ0v) is 13.0. The van der Waals surface area contributed by atoms with Gasteiger partial charge < -0.3 is 5.11 Å². The minimum Gasteiger partial charge on any atom is -0.396 e. The third-order valence-electron chi connectivity index (χ3n) is 2.65. The van der Waals surface area contributed by atoms with E-state index in [4.69, 9.17) is 5.11 Å². The van der Waals surface area contributed by atoms with Crippen molar-refractivity contribution in [3.8, 4) is 0 Å². The quantitative estimate of drug-likeness (QED) is 0.877. The van der Waals surface area contributed by atoms with E-state index in [1.807, 2.05) is 20.8 Å². The van der Waals surface area contributed by atoms with Gasteiger partial charge in [0.1, 0.15) is 5.82 Å². The van der Waals surface area contributed by atoms with Crippen LogP contribution in [0, 0.1) is 11.2 Å². The van der Waals surface area contributed by atoms with Gasteiger partial charge in [0.05, 0.1) is 4.90 Å². The summed E-state index contributed by atoms with van der Waals surface area (Å²) < 4.78 is 39.6. The second-order valence-corrected chi connectivity index (χ2v) is 7.87. The van der Waals surface area contributed by atoms with E-state index in [2.05, 4.69) is 0 Å². The summed E-state index contributed by atoms with van der Waals surface area (Å²) in [6, 6.07) is 4.99. The molecule has 0 aliphatic rings. The maximum absolute atomic E-state index is 13.2. The molecule has 0 aliphatic carbocycles. The highest BCUT2D eigenvalue weighted by Crippen LogP contribution is 2.22. The fraction of sp³-hybridized carbons (Fsp3) is 0.571. The van der Waals surface area contributed by atoms with E-state index < -0.39 is 15.8 Å². The summed E-state index contributed by atoms with van der Waals surface area (Å²) in [6.07, 6.45) is 0.352. The molecule has 0 unspecified atom stereocenters. The third-order valence-corrected chi connectivity index (χ3v) is 4.49. The fourth-order valence-corrected chi connectivity index (χ4v) is 3.57. The standard InChI is InChI=1S/C14H22FNO3S/c1-14(2,3)11-16(8-5-9-17)20(18,19)13-7-4-6-12(15)10-13/h4,6-7,10,17H,5,8-9,11H2,1-3H3. The van der Waals surface area contributed by atoms with E-state index >= 15 is 0 Å². The first-order chi connectivity index (χ1) is 9.16. The van der Waals surface area contributed by atoms with Gasteiger partial charge in [-0.3, -0.25) is 0 Å².